The zero-order valence-corrected chi connectivity index (χ0v) is 10.7. The van der Waals surface area contributed by atoms with Crippen LogP contribution in [0.5, 0.6) is 5.75 Å². The molecule has 0 aliphatic carbocycles. The highest BCUT2D eigenvalue weighted by Gasteiger charge is 2.02. The minimum Gasteiger partial charge on any atom is -0.497 e. The SMILES string of the molecule is COc1ccc(Sc2cc(C(=N)N)ccn2)cc1. The number of nitrogens with two attached hydrogens (primary N) is 1. The Hall–Kier alpha value is -2.01. The molecule has 0 bridgehead atoms. The monoisotopic (exact) mass is 259 g/mol. The van der Waals surface area contributed by atoms with Crippen LogP contribution in [0.2, 0.25) is 0 Å². The van der Waals surface area contributed by atoms with Crippen molar-refractivity contribution in [2.75, 3.05) is 7.11 Å². The van der Waals surface area contributed by atoms with Gasteiger partial charge >= 0.3 is 0 Å². The van der Waals surface area contributed by atoms with Crippen LogP contribution in [0, 0.1) is 5.41 Å². The number of hydrogen-bond acceptors (Lipinski definition) is 4. The molecule has 2 rings (SSSR count). The second-order valence-corrected chi connectivity index (χ2v) is 4.67. The van der Waals surface area contributed by atoms with Crippen LogP contribution in [-0.2, 0) is 0 Å². The van der Waals surface area contributed by atoms with E-state index in [0.29, 0.717) is 5.56 Å². The van der Waals surface area contributed by atoms with Gasteiger partial charge in [-0.25, -0.2) is 4.98 Å². The zero-order valence-electron chi connectivity index (χ0n) is 9.88. The van der Waals surface area contributed by atoms with Crippen molar-refractivity contribution in [3.8, 4) is 5.75 Å². The van der Waals surface area contributed by atoms with Crippen LogP contribution in [0.3, 0.4) is 0 Å². The summed E-state index contributed by atoms with van der Waals surface area (Å²) in [6, 6.07) is 11.3. The average molecular weight is 259 g/mol. The molecule has 0 unspecified atom stereocenters. The highest BCUT2D eigenvalue weighted by atomic mass is 32.2. The summed E-state index contributed by atoms with van der Waals surface area (Å²) in [7, 11) is 1.64. The van der Waals surface area contributed by atoms with Gasteiger partial charge in [-0.2, -0.15) is 0 Å². The van der Waals surface area contributed by atoms with Crippen LogP contribution in [0.1, 0.15) is 5.56 Å². The van der Waals surface area contributed by atoms with E-state index in [1.54, 1.807) is 25.4 Å². The quantitative estimate of drug-likeness (QED) is 0.653. The third-order valence-electron chi connectivity index (χ3n) is 2.33. The Morgan fingerprint density at radius 1 is 1.28 bits per heavy atom. The maximum Gasteiger partial charge on any atom is 0.122 e. The summed E-state index contributed by atoms with van der Waals surface area (Å²) < 4.78 is 5.10. The van der Waals surface area contributed by atoms with Gasteiger partial charge in [0.2, 0.25) is 0 Å². The standard InChI is InChI=1S/C13H13N3OS/c1-17-10-2-4-11(5-3-10)18-12-8-9(13(14)15)6-7-16-12/h2-8H,1H3,(H3,14,15). The topological polar surface area (TPSA) is 72.0 Å². The third kappa shape index (κ3) is 3.01. The third-order valence-corrected chi connectivity index (χ3v) is 3.27. The predicted molar refractivity (Wildman–Crippen MR) is 72.4 cm³/mol. The van der Waals surface area contributed by atoms with E-state index in [9.17, 15) is 0 Å². The van der Waals surface area contributed by atoms with Gasteiger partial charge in [0.25, 0.3) is 0 Å². The highest BCUT2D eigenvalue weighted by Crippen LogP contribution is 2.27. The van der Waals surface area contributed by atoms with E-state index >= 15 is 0 Å². The summed E-state index contributed by atoms with van der Waals surface area (Å²) in [5.74, 6) is 0.874. The largest absolute Gasteiger partial charge is 0.497 e. The lowest BCUT2D eigenvalue weighted by molar-refractivity contribution is 0.414. The summed E-state index contributed by atoms with van der Waals surface area (Å²) in [5, 5.41) is 8.20. The minimum atomic E-state index is 0.0500. The number of hydrogen-bond donors (Lipinski definition) is 2. The molecule has 18 heavy (non-hydrogen) atoms. The van der Waals surface area contributed by atoms with Gasteiger partial charge in [0.1, 0.15) is 16.6 Å². The first kappa shape index (κ1) is 12.4. The zero-order chi connectivity index (χ0) is 13.0. The first-order chi connectivity index (χ1) is 8.69. The summed E-state index contributed by atoms with van der Waals surface area (Å²) in [6.45, 7) is 0. The van der Waals surface area contributed by atoms with Gasteiger partial charge in [0, 0.05) is 16.7 Å². The molecule has 0 spiro atoms. The van der Waals surface area contributed by atoms with Gasteiger partial charge in [-0.05, 0) is 36.4 Å². The number of aromatic nitrogens is 1. The van der Waals surface area contributed by atoms with Crippen LogP contribution in [0.15, 0.2) is 52.5 Å². The van der Waals surface area contributed by atoms with E-state index in [2.05, 4.69) is 4.98 Å². The molecule has 0 atom stereocenters. The number of nitrogens with one attached hydrogen (secondary N) is 1. The molecule has 1 aromatic carbocycles. The van der Waals surface area contributed by atoms with E-state index in [4.69, 9.17) is 15.9 Å². The molecule has 92 valence electrons. The fourth-order valence-corrected chi connectivity index (χ4v) is 2.21. The smallest absolute Gasteiger partial charge is 0.122 e. The second kappa shape index (κ2) is 5.55. The molecule has 2 aromatic rings. The predicted octanol–water partition coefficient (Wildman–Crippen LogP) is 2.53. The van der Waals surface area contributed by atoms with Gasteiger partial charge < -0.3 is 10.5 Å². The number of ether oxygens (including phenoxy) is 1. The van der Waals surface area contributed by atoms with E-state index in [-0.39, 0.29) is 5.84 Å². The summed E-state index contributed by atoms with van der Waals surface area (Å²) in [5.41, 5.74) is 6.13. The van der Waals surface area contributed by atoms with Crippen molar-refractivity contribution in [3.05, 3.63) is 48.2 Å². The molecule has 0 amide bonds. The maximum absolute atomic E-state index is 7.39. The Bertz CT molecular complexity index is 554. The second-order valence-electron chi connectivity index (χ2n) is 3.57. The molecular formula is C13H13N3OS. The van der Waals surface area contributed by atoms with E-state index in [1.807, 2.05) is 24.3 Å². The normalized spacial score (nSPS) is 10.1. The van der Waals surface area contributed by atoms with Crippen LogP contribution in [0.25, 0.3) is 0 Å². The molecule has 0 saturated carbocycles. The van der Waals surface area contributed by atoms with Crippen molar-refractivity contribution < 1.29 is 4.74 Å². The summed E-state index contributed by atoms with van der Waals surface area (Å²) >= 11 is 1.52. The molecular weight excluding hydrogens is 246 g/mol. The van der Waals surface area contributed by atoms with Crippen molar-refractivity contribution in [2.24, 2.45) is 5.73 Å². The lowest BCUT2D eigenvalue weighted by Gasteiger charge is -2.04. The van der Waals surface area contributed by atoms with Crippen molar-refractivity contribution in [3.63, 3.8) is 0 Å². The van der Waals surface area contributed by atoms with Gasteiger partial charge in [0.05, 0.1) is 7.11 Å². The Morgan fingerprint density at radius 2 is 2.00 bits per heavy atom. The van der Waals surface area contributed by atoms with Gasteiger partial charge in [-0.1, -0.05) is 11.8 Å². The molecule has 1 aromatic heterocycles. The number of nitrogen functional groups attached to an aromatic ring is 1. The van der Waals surface area contributed by atoms with E-state index in [1.165, 1.54) is 11.8 Å². The number of pyridine rings is 1. The average Bonchev–Trinajstić information content (AvgIpc) is 2.40. The Balaban J connectivity index is 2.17. The maximum atomic E-state index is 7.39. The van der Waals surface area contributed by atoms with Gasteiger partial charge in [-0.15, -0.1) is 0 Å². The molecule has 5 heteroatoms. The van der Waals surface area contributed by atoms with Gasteiger partial charge in [0.15, 0.2) is 0 Å². The molecule has 0 aliphatic rings. The lowest BCUT2D eigenvalue weighted by Crippen LogP contribution is -2.10. The van der Waals surface area contributed by atoms with Crippen molar-refractivity contribution in [1.29, 1.82) is 5.41 Å². The van der Waals surface area contributed by atoms with E-state index < -0.39 is 0 Å². The fourth-order valence-electron chi connectivity index (χ4n) is 1.40. The number of rotatable bonds is 4. The Kier molecular flexibility index (Phi) is 3.84. The lowest BCUT2D eigenvalue weighted by atomic mass is 10.2. The molecule has 0 saturated heterocycles. The molecule has 0 aliphatic heterocycles. The first-order valence-corrected chi connectivity index (χ1v) is 6.13. The number of amidine groups is 1. The Morgan fingerprint density at radius 3 is 2.61 bits per heavy atom. The number of methoxy groups -OCH3 is 1. The molecule has 4 nitrogen and oxygen atoms in total. The summed E-state index contributed by atoms with van der Waals surface area (Å²) in [6.07, 6.45) is 1.66. The minimum absolute atomic E-state index is 0.0500. The van der Waals surface area contributed by atoms with Crippen molar-refractivity contribution in [1.82, 2.24) is 4.98 Å². The van der Waals surface area contributed by atoms with E-state index in [0.717, 1.165) is 15.7 Å². The first-order valence-electron chi connectivity index (χ1n) is 5.31. The fraction of sp³-hybridized carbons (Fsp3) is 0.0769. The van der Waals surface area contributed by atoms with Crippen LogP contribution in [-0.4, -0.2) is 17.9 Å². The Labute approximate surface area is 110 Å². The summed E-state index contributed by atoms with van der Waals surface area (Å²) in [4.78, 5) is 5.30. The highest BCUT2D eigenvalue weighted by molar-refractivity contribution is 7.99. The molecule has 1 heterocycles. The van der Waals surface area contributed by atoms with Gasteiger partial charge in [-0.3, -0.25) is 5.41 Å². The number of benzene rings is 1. The van der Waals surface area contributed by atoms with Crippen molar-refractivity contribution >= 4 is 17.6 Å². The molecule has 0 radical (unpaired) electrons. The molecule has 0 fully saturated rings. The molecule has 3 N–H and O–H groups in total. The van der Waals surface area contributed by atoms with Crippen molar-refractivity contribution in [2.45, 2.75) is 9.92 Å². The number of nitrogens with zero attached hydrogens (tertiary/aromatic N) is 1. The van der Waals surface area contributed by atoms with Crippen LogP contribution >= 0.6 is 11.8 Å². The van der Waals surface area contributed by atoms with Crippen LogP contribution in [0.4, 0.5) is 0 Å². The van der Waals surface area contributed by atoms with Crippen LogP contribution < -0.4 is 10.5 Å².